The van der Waals surface area contributed by atoms with Crippen LogP contribution in [0.5, 0.6) is 5.75 Å². The summed E-state index contributed by atoms with van der Waals surface area (Å²) < 4.78 is 5.25. The average molecular weight is 270 g/mol. The number of hydrogen-bond donors (Lipinski definition) is 1. The van der Waals surface area contributed by atoms with Crippen molar-refractivity contribution in [3.8, 4) is 5.75 Å². The van der Waals surface area contributed by atoms with E-state index in [1.807, 2.05) is 36.4 Å². The van der Waals surface area contributed by atoms with Crippen molar-refractivity contribution in [3.63, 3.8) is 0 Å². The average Bonchev–Trinajstić information content (AvgIpc) is 2.52. The Bertz CT molecular complexity index is 555. The lowest BCUT2D eigenvalue weighted by atomic mass is 10.1. The van der Waals surface area contributed by atoms with E-state index in [0.29, 0.717) is 19.4 Å². The van der Waals surface area contributed by atoms with E-state index in [1.54, 1.807) is 19.5 Å². The Hall–Kier alpha value is -2.36. The normalized spacial score (nSPS) is 10.1. The van der Waals surface area contributed by atoms with Gasteiger partial charge < -0.3 is 10.1 Å². The summed E-state index contributed by atoms with van der Waals surface area (Å²) in [5.41, 5.74) is 2.05. The summed E-state index contributed by atoms with van der Waals surface area (Å²) in [5, 5.41) is 2.90. The van der Waals surface area contributed by atoms with Gasteiger partial charge in [-0.2, -0.15) is 0 Å². The molecule has 0 saturated carbocycles. The number of rotatable bonds is 6. The van der Waals surface area contributed by atoms with Crippen LogP contribution in [0.1, 0.15) is 17.5 Å². The molecule has 104 valence electrons. The minimum absolute atomic E-state index is 0.0276. The number of hydrogen-bond acceptors (Lipinski definition) is 3. The monoisotopic (exact) mass is 270 g/mol. The van der Waals surface area contributed by atoms with Crippen LogP contribution in [0, 0.1) is 0 Å². The van der Waals surface area contributed by atoms with E-state index >= 15 is 0 Å². The number of ether oxygens (including phenoxy) is 1. The molecule has 0 radical (unpaired) electrons. The highest BCUT2D eigenvalue weighted by Crippen LogP contribution is 2.16. The molecule has 0 aliphatic rings. The first-order chi connectivity index (χ1) is 9.79. The van der Waals surface area contributed by atoms with Crippen LogP contribution in [0.2, 0.25) is 0 Å². The maximum atomic E-state index is 11.8. The SMILES string of the molecule is COc1ccccc1CNC(=O)CCc1cccnc1. The number of amides is 1. The fraction of sp³-hybridized carbons (Fsp3) is 0.250. The lowest BCUT2D eigenvalue weighted by Gasteiger charge is -2.09. The molecule has 0 aliphatic carbocycles. The molecule has 0 aliphatic heterocycles. The number of methoxy groups -OCH3 is 1. The highest BCUT2D eigenvalue weighted by atomic mass is 16.5. The first kappa shape index (κ1) is 14.1. The van der Waals surface area contributed by atoms with Crippen LogP contribution >= 0.6 is 0 Å². The van der Waals surface area contributed by atoms with E-state index < -0.39 is 0 Å². The van der Waals surface area contributed by atoms with E-state index in [9.17, 15) is 4.79 Å². The first-order valence-electron chi connectivity index (χ1n) is 6.57. The van der Waals surface area contributed by atoms with Gasteiger partial charge in [0.05, 0.1) is 7.11 Å². The van der Waals surface area contributed by atoms with Gasteiger partial charge in [0.1, 0.15) is 5.75 Å². The zero-order valence-corrected chi connectivity index (χ0v) is 11.5. The van der Waals surface area contributed by atoms with Gasteiger partial charge >= 0.3 is 0 Å². The van der Waals surface area contributed by atoms with Crippen LogP contribution in [0.3, 0.4) is 0 Å². The fourth-order valence-corrected chi connectivity index (χ4v) is 1.94. The highest BCUT2D eigenvalue weighted by molar-refractivity contribution is 5.76. The minimum atomic E-state index is 0.0276. The largest absolute Gasteiger partial charge is 0.496 e. The van der Waals surface area contributed by atoms with Gasteiger partial charge in [0.25, 0.3) is 0 Å². The molecule has 20 heavy (non-hydrogen) atoms. The lowest BCUT2D eigenvalue weighted by molar-refractivity contribution is -0.121. The molecule has 1 heterocycles. The quantitative estimate of drug-likeness (QED) is 0.876. The van der Waals surface area contributed by atoms with Crippen LogP contribution in [0.4, 0.5) is 0 Å². The van der Waals surface area contributed by atoms with Crippen molar-refractivity contribution >= 4 is 5.91 Å². The number of para-hydroxylation sites is 1. The van der Waals surface area contributed by atoms with Crippen LogP contribution in [-0.2, 0) is 17.8 Å². The predicted molar refractivity (Wildman–Crippen MR) is 77.4 cm³/mol. The topological polar surface area (TPSA) is 51.2 Å². The van der Waals surface area contributed by atoms with Crippen molar-refractivity contribution in [2.45, 2.75) is 19.4 Å². The second-order valence-electron chi connectivity index (χ2n) is 4.45. The maximum absolute atomic E-state index is 11.8. The molecule has 0 unspecified atom stereocenters. The molecular formula is C16H18N2O2. The van der Waals surface area contributed by atoms with Crippen molar-refractivity contribution in [1.82, 2.24) is 10.3 Å². The molecular weight excluding hydrogens is 252 g/mol. The molecule has 0 saturated heterocycles. The fourth-order valence-electron chi connectivity index (χ4n) is 1.94. The van der Waals surface area contributed by atoms with Gasteiger partial charge in [0, 0.05) is 30.9 Å². The van der Waals surface area contributed by atoms with Gasteiger partial charge in [-0.15, -0.1) is 0 Å². The Balaban J connectivity index is 1.80. The molecule has 0 atom stereocenters. The molecule has 1 N–H and O–H groups in total. The molecule has 2 aromatic rings. The molecule has 0 fully saturated rings. The Morgan fingerprint density at radius 3 is 2.85 bits per heavy atom. The molecule has 4 nitrogen and oxygen atoms in total. The zero-order chi connectivity index (χ0) is 14.2. The number of carbonyl (C=O) groups excluding carboxylic acids is 1. The van der Waals surface area contributed by atoms with Crippen molar-refractivity contribution < 1.29 is 9.53 Å². The Morgan fingerprint density at radius 2 is 2.10 bits per heavy atom. The van der Waals surface area contributed by atoms with Gasteiger partial charge in [-0.3, -0.25) is 9.78 Å². The van der Waals surface area contributed by atoms with E-state index in [4.69, 9.17) is 4.74 Å². The molecule has 4 heteroatoms. The van der Waals surface area contributed by atoms with E-state index in [2.05, 4.69) is 10.3 Å². The number of pyridine rings is 1. The number of aryl methyl sites for hydroxylation is 1. The van der Waals surface area contributed by atoms with Gasteiger partial charge in [0.2, 0.25) is 5.91 Å². The summed E-state index contributed by atoms with van der Waals surface area (Å²) in [7, 11) is 1.63. The van der Waals surface area contributed by atoms with Crippen LogP contribution in [0.25, 0.3) is 0 Å². The number of benzene rings is 1. The highest BCUT2D eigenvalue weighted by Gasteiger charge is 2.05. The third-order valence-electron chi connectivity index (χ3n) is 3.03. The Kier molecular flexibility index (Phi) is 5.12. The third kappa shape index (κ3) is 4.09. The molecule has 0 bridgehead atoms. The minimum Gasteiger partial charge on any atom is -0.496 e. The van der Waals surface area contributed by atoms with E-state index in [-0.39, 0.29) is 5.91 Å². The summed E-state index contributed by atoms with van der Waals surface area (Å²) in [4.78, 5) is 15.8. The molecule has 0 spiro atoms. The predicted octanol–water partition coefficient (Wildman–Crippen LogP) is 2.34. The smallest absolute Gasteiger partial charge is 0.220 e. The summed E-state index contributed by atoms with van der Waals surface area (Å²) in [6.07, 6.45) is 4.67. The second-order valence-corrected chi connectivity index (χ2v) is 4.45. The summed E-state index contributed by atoms with van der Waals surface area (Å²) in [6, 6.07) is 11.5. The number of nitrogens with one attached hydrogen (secondary N) is 1. The number of carbonyl (C=O) groups is 1. The van der Waals surface area contributed by atoms with Crippen LogP contribution in [0.15, 0.2) is 48.8 Å². The van der Waals surface area contributed by atoms with Crippen molar-refractivity contribution in [1.29, 1.82) is 0 Å². The molecule has 1 amide bonds. The van der Waals surface area contributed by atoms with Crippen molar-refractivity contribution in [3.05, 3.63) is 59.9 Å². The van der Waals surface area contributed by atoms with Crippen LogP contribution in [-0.4, -0.2) is 18.0 Å². The summed E-state index contributed by atoms with van der Waals surface area (Å²) in [6.45, 7) is 0.482. The number of aromatic nitrogens is 1. The molecule has 1 aromatic heterocycles. The lowest BCUT2D eigenvalue weighted by Crippen LogP contribution is -2.23. The summed E-state index contributed by atoms with van der Waals surface area (Å²) >= 11 is 0. The second kappa shape index (κ2) is 7.28. The van der Waals surface area contributed by atoms with Gasteiger partial charge in [0.15, 0.2) is 0 Å². The Labute approximate surface area is 118 Å². The van der Waals surface area contributed by atoms with Gasteiger partial charge in [-0.25, -0.2) is 0 Å². The standard InChI is InChI=1S/C16H18N2O2/c1-20-15-7-3-2-6-14(15)12-18-16(19)9-8-13-5-4-10-17-11-13/h2-7,10-11H,8-9,12H2,1H3,(H,18,19). The third-order valence-corrected chi connectivity index (χ3v) is 3.03. The first-order valence-corrected chi connectivity index (χ1v) is 6.57. The van der Waals surface area contributed by atoms with Gasteiger partial charge in [-0.05, 0) is 24.1 Å². The summed E-state index contributed by atoms with van der Waals surface area (Å²) in [5.74, 6) is 0.819. The van der Waals surface area contributed by atoms with Crippen molar-refractivity contribution in [2.75, 3.05) is 7.11 Å². The molecule has 1 aromatic carbocycles. The maximum Gasteiger partial charge on any atom is 0.220 e. The van der Waals surface area contributed by atoms with Crippen molar-refractivity contribution in [2.24, 2.45) is 0 Å². The zero-order valence-electron chi connectivity index (χ0n) is 11.5. The van der Waals surface area contributed by atoms with E-state index in [0.717, 1.165) is 16.9 Å². The van der Waals surface area contributed by atoms with Gasteiger partial charge in [-0.1, -0.05) is 24.3 Å². The number of nitrogens with zero attached hydrogens (tertiary/aromatic N) is 1. The Morgan fingerprint density at radius 1 is 1.25 bits per heavy atom. The van der Waals surface area contributed by atoms with Crippen LogP contribution < -0.4 is 10.1 Å². The molecule has 2 rings (SSSR count). The van der Waals surface area contributed by atoms with E-state index in [1.165, 1.54) is 0 Å².